The minimum atomic E-state index is -0.938. The third kappa shape index (κ3) is 3.67. The molecule has 0 aliphatic carbocycles. The van der Waals surface area contributed by atoms with Gasteiger partial charge in [0.15, 0.2) is 5.65 Å². The lowest BCUT2D eigenvalue weighted by Crippen LogP contribution is -2.25. The summed E-state index contributed by atoms with van der Waals surface area (Å²) in [6, 6.07) is 6.04. The van der Waals surface area contributed by atoms with Gasteiger partial charge in [0.05, 0.1) is 23.8 Å². The first-order valence-corrected chi connectivity index (χ1v) is 9.45. The van der Waals surface area contributed by atoms with Gasteiger partial charge in [-0.2, -0.15) is 5.10 Å². The Bertz CT molecular complexity index is 1050. The molecule has 4 rings (SSSR count). The molecule has 0 bridgehead atoms. The van der Waals surface area contributed by atoms with Crippen LogP contribution < -0.4 is 15.4 Å². The fraction of sp³-hybridized carbons (Fsp3) is 0.350. The van der Waals surface area contributed by atoms with E-state index in [9.17, 15) is 9.18 Å². The Morgan fingerprint density at radius 1 is 1.45 bits per heavy atom. The Labute approximate surface area is 166 Å². The van der Waals surface area contributed by atoms with Gasteiger partial charge in [0, 0.05) is 18.3 Å². The maximum atomic E-state index is 14.1. The second-order valence-corrected chi connectivity index (χ2v) is 7.24. The van der Waals surface area contributed by atoms with E-state index in [0.717, 1.165) is 25.2 Å². The van der Waals surface area contributed by atoms with Crippen molar-refractivity contribution in [3.8, 4) is 5.75 Å². The average Bonchev–Trinajstić information content (AvgIpc) is 3.33. The lowest BCUT2D eigenvalue weighted by molar-refractivity contribution is -0.142. The van der Waals surface area contributed by atoms with E-state index in [0.29, 0.717) is 22.6 Å². The van der Waals surface area contributed by atoms with E-state index >= 15 is 0 Å². The summed E-state index contributed by atoms with van der Waals surface area (Å²) in [6.07, 6.45) is 5.06. The van der Waals surface area contributed by atoms with Crippen molar-refractivity contribution in [1.82, 2.24) is 14.6 Å². The second-order valence-electron chi connectivity index (χ2n) is 7.24. The van der Waals surface area contributed by atoms with E-state index in [-0.39, 0.29) is 18.5 Å². The van der Waals surface area contributed by atoms with Gasteiger partial charge in [-0.3, -0.25) is 4.79 Å². The fourth-order valence-corrected chi connectivity index (χ4v) is 3.60. The summed E-state index contributed by atoms with van der Waals surface area (Å²) < 4.78 is 21.4. The Kier molecular flexibility index (Phi) is 4.96. The Hall–Kier alpha value is -3.36. The normalized spacial score (nSPS) is 17.6. The molecule has 0 radical (unpaired) electrons. The first-order chi connectivity index (χ1) is 13.9. The number of hydrogen-bond acceptors (Lipinski definition) is 6. The lowest BCUT2D eigenvalue weighted by Gasteiger charge is -2.28. The highest BCUT2D eigenvalue weighted by Crippen LogP contribution is 2.40. The predicted octanol–water partition coefficient (Wildman–Crippen LogP) is 2.89. The Morgan fingerprint density at radius 3 is 3.07 bits per heavy atom. The summed E-state index contributed by atoms with van der Waals surface area (Å²) in [5, 5.41) is 13.2. The van der Waals surface area contributed by atoms with Crippen LogP contribution in [0.4, 0.5) is 15.9 Å². The SMILES string of the molecule is CC(COc1ccc(F)cc1C1CCCN1c1ccn2ncc(N)c2n1)C(=O)O. The molecule has 3 heterocycles. The Balaban J connectivity index is 1.66. The third-order valence-electron chi connectivity index (χ3n) is 5.17. The number of aliphatic carboxylic acids is 1. The number of fused-ring (bicyclic) bond motifs is 1. The van der Waals surface area contributed by atoms with E-state index in [1.807, 2.05) is 6.07 Å². The number of carboxylic acids is 1. The summed E-state index contributed by atoms with van der Waals surface area (Å²) in [5.74, 6) is -0.759. The lowest BCUT2D eigenvalue weighted by atomic mass is 10.0. The van der Waals surface area contributed by atoms with Gasteiger partial charge in [0.1, 0.15) is 24.0 Å². The molecule has 0 saturated carbocycles. The third-order valence-corrected chi connectivity index (χ3v) is 5.17. The number of ether oxygens (including phenoxy) is 1. The van der Waals surface area contributed by atoms with Crippen LogP contribution in [0.2, 0.25) is 0 Å². The predicted molar refractivity (Wildman–Crippen MR) is 105 cm³/mol. The van der Waals surface area contributed by atoms with Crippen LogP contribution in [0.25, 0.3) is 5.65 Å². The number of carbonyl (C=O) groups is 1. The van der Waals surface area contributed by atoms with Gasteiger partial charge in [-0.15, -0.1) is 0 Å². The van der Waals surface area contributed by atoms with Crippen LogP contribution in [0.15, 0.2) is 36.7 Å². The standard InChI is InChI=1S/C20H22FN5O3/c1-12(20(27)28)11-29-17-5-4-13(21)9-14(17)16-3-2-7-25(16)18-6-8-26-19(24-18)15(22)10-23-26/h4-6,8-10,12,16H,2-3,7,11,22H2,1H3,(H,27,28). The molecule has 2 aromatic heterocycles. The van der Waals surface area contributed by atoms with Crippen molar-refractivity contribution in [2.24, 2.45) is 5.92 Å². The largest absolute Gasteiger partial charge is 0.492 e. The summed E-state index contributed by atoms with van der Waals surface area (Å²) in [5.41, 5.74) is 7.68. The first-order valence-electron chi connectivity index (χ1n) is 9.45. The van der Waals surface area contributed by atoms with Crippen LogP contribution in [0.1, 0.15) is 31.4 Å². The smallest absolute Gasteiger partial charge is 0.309 e. The molecule has 1 aliphatic heterocycles. The molecule has 152 valence electrons. The highest BCUT2D eigenvalue weighted by atomic mass is 19.1. The van der Waals surface area contributed by atoms with Gasteiger partial charge >= 0.3 is 5.97 Å². The number of rotatable bonds is 6. The van der Waals surface area contributed by atoms with Crippen LogP contribution in [0.3, 0.4) is 0 Å². The average molecular weight is 399 g/mol. The van der Waals surface area contributed by atoms with E-state index in [1.54, 1.807) is 29.9 Å². The van der Waals surface area contributed by atoms with Crippen molar-refractivity contribution < 1.29 is 19.0 Å². The summed E-state index contributed by atoms with van der Waals surface area (Å²) >= 11 is 0. The van der Waals surface area contributed by atoms with Crippen molar-refractivity contribution >= 4 is 23.1 Å². The van der Waals surface area contributed by atoms with Crippen molar-refractivity contribution in [3.63, 3.8) is 0 Å². The number of aromatic nitrogens is 3. The molecular weight excluding hydrogens is 377 g/mol. The molecule has 1 saturated heterocycles. The zero-order valence-electron chi connectivity index (χ0n) is 16.0. The first kappa shape index (κ1) is 19.0. The zero-order valence-corrected chi connectivity index (χ0v) is 16.0. The number of anilines is 2. The van der Waals surface area contributed by atoms with E-state index in [4.69, 9.17) is 15.6 Å². The number of carboxylic acid groups (broad SMARTS) is 1. The molecule has 0 amide bonds. The number of nitrogens with two attached hydrogens (primary N) is 1. The second kappa shape index (κ2) is 7.57. The number of benzene rings is 1. The van der Waals surface area contributed by atoms with Crippen molar-refractivity contribution in [2.45, 2.75) is 25.8 Å². The van der Waals surface area contributed by atoms with Gasteiger partial charge in [-0.05, 0) is 44.0 Å². The summed E-state index contributed by atoms with van der Waals surface area (Å²) in [7, 11) is 0. The topological polar surface area (TPSA) is 106 Å². The molecular formula is C20H22FN5O3. The molecule has 3 N–H and O–H groups in total. The highest BCUT2D eigenvalue weighted by Gasteiger charge is 2.30. The number of nitrogens with zero attached hydrogens (tertiary/aromatic N) is 4. The molecule has 9 heteroatoms. The molecule has 3 aromatic rings. The minimum Gasteiger partial charge on any atom is -0.492 e. The van der Waals surface area contributed by atoms with Gasteiger partial charge in [0.25, 0.3) is 0 Å². The number of hydrogen-bond donors (Lipinski definition) is 2. The van der Waals surface area contributed by atoms with Crippen LogP contribution in [-0.4, -0.2) is 38.8 Å². The molecule has 29 heavy (non-hydrogen) atoms. The zero-order chi connectivity index (χ0) is 20.5. The van der Waals surface area contributed by atoms with E-state index in [2.05, 4.69) is 15.0 Å². The van der Waals surface area contributed by atoms with Crippen molar-refractivity contribution in [3.05, 3.63) is 48.0 Å². The van der Waals surface area contributed by atoms with Crippen molar-refractivity contribution in [2.75, 3.05) is 23.8 Å². The van der Waals surface area contributed by atoms with Gasteiger partial charge in [-0.25, -0.2) is 13.9 Å². The number of nitrogen functional groups attached to an aromatic ring is 1. The summed E-state index contributed by atoms with van der Waals surface area (Å²) in [4.78, 5) is 17.8. The Morgan fingerprint density at radius 2 is 2.28 bits per heavy atom. The van der Waals surface area contributed by atoms with E-state index in [1.165, 1.54) is 12.1 Å². The maximum absolute atomic E-state index is 14.1. The molecule has 1 aromatic carbocycles. The molecule has 1 fully saturated rings. The van der Waals surface area contributed by atoms with Gasteiger partial charge < -0.3 is 20.5 Å². The fourth-order valence-electron chi connectivity index (χ4n) is 3.60. The van der Waals surface area contributed by atoms with Crippen molar-refractivity contribution in [1.29, 1.82) is 0 Å². The van der Waals surface area contributed by atoms with Crippen LogP contribution >= 0.6 is 0 Å². The minimum absolute atomic E-state index is 0.0112. The van der Waals surface area contributed by atoms with Crippen LogP contribution in [-0.2, 0) is 4.79 Å². The number of halogens is 1. The van der Waals surface area contributed by atoms with Crippen LogP contribution in [0.5, 0.6) is 5.75 Å². The maximum Gasteiger partial charge on any atom is 0.309 e. The van der Waals surface area contributed by atoms with Gasteiger partial charge in [0.2, 0.25) is 0 Å². The van der Waals surface area contributed by atoms with E-state index < -0.39 is 11.9 Å². The molecule has 8 nitrogen and oxygen atoms in total. The molecule has 2 atom stereocenters. The molecule has 0 spiro atoms. The highest BCUT2D eigenvalue weighted by molar-refractivity contribution is 5.69. The quantitative estimate of drug-likeness (QED) is 0.656. The van der Waals surface area contributed by atoms with Gasteiger partial charge in [-0.1, -0.05) is 0 Å². The molecule has 2 unspecified atom stereocenters. The van der Waals surface area contributed by atoms with Crippen LogP contribution in [0, 0.1) is 11.7 Å². The molecule has 1 aliphatic rings. The summed E-state index contributed by atoms with van der Waals surface area (Å²) in [6.45, 7) is 2.34. The monoisotopic (exact) mass is 399 g/mol.